The Hall–Kier alpha value is -3.58. The molecule has 0 aliphatic carbocycles. The first-order valence-electron chi connectivity index (χ1n) is 10.3. The summed E-state index contributed by atoms with van der Waals surface area (Å²) in [6.07, 6.45) is 3.14. The van der Waals surface area contributed by atoms with Crippen LogP contribution in [0, 0.1) is 0 Å². The Balaban J connectivity index is 1.40. The van der Waals surface area contributed by atoms with E-state index in [4.69, 9.17) is 4.74 Å². The van der Waals surface area contributed by atoms with E-state index < -0.39 is 10.0 Å². The Labute approximate surface area is 189 Å². The minimum Gasteiger partial charge on any atom is -0.494 e. The maximum absolute atomic E-state index is 12.3. The first-order valence-corrected chi connectivity index (χ1v) is 11.9. The molecule has 3 aromatic carbocycles. The van der Waals surface area contributed by atoms with E-state index in [1.54, 1.807) is 24.3 Å². The standard InChI is InChI=1S/C25H26N2O4S/c28-25(26-18-7-8-19-31-24-11-5-2-6-12-24)22-13-15-23(16-14-22)27-32(29,30)20-17-21-9-3-1-4-10-21/h1-6,9-17,20,27H,7-8,18-19H2,(H,26,28)/b20-17+. The number of para-hydroxylation sites is 1. The zero-order valence-electron chi connectivity index (χ0n) is 17.6. The lowest BCUT2D eigenvalue weighted by Crippen LogP contribution is -2.24. The Morgan fingerprint density at radius 2 is 1.50 bits per heavy atom. The second kappa shape index (κ2) is 11.7. The molecule has 0 atom stereocenters. The third kappa shape index (κ3) is 7.92. The largest absolute Gasteiger partial charge is 0.494 e. The van der Waals surface area contributed by atoms with Crippen LogP contribution in [0.15, 0.2) is 90.3 Å². The first kappa shape index (κ1) is 23.1. The Morgan fingerprint density at radius 1 is 0.844 bits per heavy atom. The minimum atomic E-state index is -3.65. The van der Waals surface area contributed by atoms with Gasteiger partial charge in [0, 0.05) is 17.8 Å². The van der Waals surface area contributed by atoms with Crippen LogP contribution in [0.3, 0.4) is 0 Å². The quantitative estimate of drug-likeness (QED) is 0.415. The van der Waals surface area contributed by atoms with E-state index in [1.807, 2.05) is 60.7 Å². The molecule has 0 aromatic heterocycles. The molecule has 3 aromatic rings. The average molecular weight is 451 g/mol. The molecule has 0 aliphatic heterocycles. The Morgan fingerprint density at radius 3 is 2.19 bits per heavy atom. The topological polar surface area (TPSA) is 84.5 Å². The van der Waals surface area contributed by atoms with Gasteiger partial charge in [-0.2, -0.15) is 0 Å². The van der Waals surface area contributed by atoms with Gasteiger partial charge in [-0.25, -0.2) is 8.42 Å². The van der Waals surface area contributed by atoms with Crippen molar-refractivity contribution in [1.82, 2.24) is 5.32 Å². The lowest BCUT2D eigenvalue weighted by molar-refractivity contribution is 0.0952. The number of hydrogen-bond donors (Lipinski definition) is 2. The van der Waals surface area contributed by atoms with Gasteiger partial charge < -0.3 is 10.1 Å². The molecule has 166 valence electrons. The molecule has 2 N–H and O–H groups in total. The molecule has 1 amide bonds. The van der Waals surface area contributed by atoms with Crippen LogP contribution in [0.4, 0.5) is 5.69 Å². The molecule has 3 rings (SSSR count). The van der Waals surface area contributed by atoms with E-state index in [0.717, 1.165) is 29.6 Å². The summed E-state index contributed by atoms with van der Waals surface area (Å²) in [4.78, 5) is 12.3. The van der Waals surface area contributed by atoms with Crippen molar-refractivity contribution in [2.24, 2.45) is 0 Å². The van der Waals surface area contributed by atoms with E-state index in [2.05, 4.69) is 10.0 Å². The van der Waals surface area contributed by atoms with Crippen LogP contribution in [0.1, 0.15) is 28.8 Å². The van der Waals surface area contributed by atoms with Gasteiger partial charge in [0.2, 0.25) is 0 Å². The SMILES string of the molecule is O=C(NCCCCOc1ccccc1)c1ccc(NS(=O)(=O)/C=C/c2ccccc2)cc1. The predicted molar refractivity (Wildman–Crippen MR) is 128 cm³/mol. The number of rotatable bonds is 11. The summed E-state index contributed by atoms with van der Waals surface area (Å²) in [5.74, 6) is 0.634. The van der Waals surface area contributed by atoms with Gasteiger partial charge in [0.05, 0.1) is 12.0 Å². The lowest BCUT2D eigenvalue weighted by atomic mass is 10.2. The smallest absolute Gasteiger partial charge is 0.255 e. The predicted octanol–water partition coefficient (Wildman–Crippen LogP) is 4.69. The molecular formula is C25H26N2O4S. The molecule has 0 aliphatic rings. The van der Waals surface area contributed by atoms with Gasteiger partial charge in [-0.05, 0) is 60.9 Å². The van der Waals surface area contributed by atoms with Crippen molar-refractivity contribution in [3.63, 3.8) is 0 Å². The molecule has 7 heteroatoms. The highest BCUT2D eigenvalue weighted by molar-refractivity contribution is 7.95. The van der Waals surface area contributed by atoms with E-state index in [0.29, 0.717) is 24.4 Å². The number of amides is 1. The van der Waals surface area contributed by atoms with Gasteiger partial charge in [0.25, 0.3) is 15.9 Å². The van der Waals surface area contributed by atoms with Crippen LogP contribution in [0.25, 0.3) is 6.08 Å². The Kier molecular flexibility index (Phi) is 8.45. The van der Waals surface area contributed by atoms with Crippen molar-refractivity contribution < 1.29 is 17.9 Å². The number of carbonyl (C=O) groups is 1. The lowest BCUT2D eigenvalue weighted by Gasteiger charge is -2.08. The fraction of sp³-hybridized carbons (Fsp3) is 0.160. The van der Waals surface area contributed by atoms with E-state index in [-0.39, 0.29) is 5.91 Å². The van der Waals surface area contributed by atoms with Crippen molar-refractivity contribution >= 4 is 27.7 Å². The fourth-order valence-electron chi connectivity index (χ4n) is 2.86. The highest BCUT2D eigenvalue weighted by atomic mass is 32.2. The maximum Gasteiger partial charge on any atom is 0.255 e. The van der Waals surface area contributed by atoms with Gasteiger partial charge in [-0.1, -0.05) is 48.5 Å². The summed E-state index contributed by atoms with van der Waals surface area (Å²) in [6, 6.07) is 25.1. The number of ether oxygens (including phenoxy) is 1. The van der Waals surface area contributed by atoms with Gasteiger partial charge in [0.1, 0.15) is 5.75 Å². The van der Waals surface area contributed by atoms with Crippen LogP contribution in [0.2, 0.25) is 0 Å². The molecule has 0 spiro atoms. The molecule has 6 nitrogen and oxygen atoms in total. The highest BCUT2D eigenvalue weighted by Crippen LogP contribution is 2.13. The number of unbranched alkanes of at least 4 members (excludes halogenated alkanes) is 1. The molecule has 0 bridgehead atoms. The van der Waals surface area contributed by atoms with Crippen LogP contribution in [-0.4, -0.2) is 27.5 Å². The van der Waals surface area contributed by atoms with E-state index in [1.165, 1.54) is 6.08 Å². The van der Waals surface area contributed by atoms with Crippen LogP contribution < -0.4 is 14.8 Å². The monoisotopic (exact) mass is 450 g/mol. The van der Waals surface area contributed by atoms with Crippen molar-refractivity contribution in [2.45, 2.75) is 12.8 Å². The van der Waals surface area contributed by atoms with E-state index in [9.17, 15) is 13.2 Å². The number of sulfonamides is 1. The maximum atomic E-state index is 12.3. The number of hydrogen-bond acceptors (Lipinski definition) is 4. The van der Waals surface area contributed by atoms with Crippen LogP contribution in [-0.2, 0) is 10.0 Å². The van der Waals surface area contributed by atoms with Crippen LogP contribution >= 0.6 is 0 Å². The zero-order chi connectivity index (χ0) is 22.7. The zero-order valence-corrected chi connectivity index (χ0v) is 18.4. The fourth-order valence-corrected chi connectivity index (χ4v) is 3.73. The molecule has 32 heavy (non-hydrogen) atoms. The van der Waals surface area contributed by atoms with Crippen molar-refractivity contribution in [3.05, 3.63) is 101 Å². The number of carbonyl (C=O) groups excluding carboxylic acids is 1. The third-order valence-corrected chi connectivity index (χ3v) is 5.53. The second-order valence-electron chi connectivity index (χ2n) is 7.06. The van der Waals surface area contributed by atoms with E-state index >= 15 is 0 Å². The van der Waals surface area contributed by atoms with Crippen molar-refractivity contribution in [2.75, 3.05) is 17.9 Å². The molecule has 0 saturated carbocycles. The second-order valence-corrected chi connectivity index (χ2v) is 8.63. The van der Waals surface area contributed by atoms with Crippen molar-refractivity contribution in [1.29, 1.82) is 0 Å². The molecule has 0 saturated heterocycles. The van der Waals surface area contributed by atoms with Crippen molar-refractivity contribution in [3.8, 4) is 5.75 Å². The molecule has 0 radical (unpaired) electrons. The molecule has 0 heterocycles. The number of benzene rings is 3. The van der Waals surface area contributed by atoms with Gasteiger partial charge in [0.15, 0.2) is 0 Å². The molecule has 0 fully saturated rings. The minimum absolute atomic E-state index is 0.202. The summed E-state index contributed by atoms with van der Waals surface area (Å²) in [5.41, 5.74) is 1.64. The van der Waals surface area contributed by atoms with Gasteiger partial charge in [-0.15, -0.1) is 0 Å². The summed E-state index contributed by atoms with van der Waals surface area (Å²) in [6.45, 7) is 1.13. The molecular weight excluding hydrogens is 424 g/mol. The van der Waals surface area contributed by atoms with Gasteiger partial charge in [-0.3, -0.25) is 9.52 Å². The Bertz CT molecular complexity index is 1110. The first-order chi connectivity index (χ1) is 15.5. The number of nitrogens with one attached hydrogen (secondary N) is 2. The number of anilines is 1. The third-order valence-electron chi connectivity index (χ3n) is 4.52. The summed E-state index contributed by atoms with van der Waals surface area (Å²) >= 11 is 0. The summed E-state index contributed by atoms with van der Waals surface area (Å²) < 4.78 is 32.5. The highest BCUT2D eigenvalue weighted by Gasteiger charge is 2.08. The van der Waals surface area contributed by atoms with Crippen LogP contribution in [0.5, 0.6) is 5.75 Å². The normalized spacial score (nSPS) is 11.2. The summed E-state index contributed by atoms with van der Waals surface area (Å²) in [7, 11) is -3.65. The molecule has 0 unspecified atom stereocenters. The van der Waals surface area contributed by atoms with Gasteiger partial charge >= 0.3 is 0 Å². The average Bonchev–Trinajstić information content (AvgIpc) is 2.81. The summed E-state index contributed by atoms with van der Waals surface area (Å²) in [5, 5.41) is 3.98.